The number of allylic oxidation sites excluding steroid dienone is 1. The summed E-state index contributed by atoms with van der Waals surface area (Å²) in [6.45, 7) is 0.452. The molecule has 7 nitrogen and oxygen atoms in total. The van der Waals surface area contributed by atoms with Gasteiger partial charge in [0.1, 0.15) is 24.0 Å². The topological polar surface area (TPSA) is 96.0 Å². The molecular formula is C25H18BrClN2O5. The lowest BCUT2D eigenvalue weighted by Gasteiger charge is -2.28. The van der Waals surface area contributed by atoms with Crippen molar-refractivity contribution in [3.63, 3.8) is 0 Å². The number of ether oxygens (including phenoxy) is 5. The molecule has 0 radical (unpaired) electrons. The Morgan fingerprint density at radius 1 is 1.06 bits per heavy atom. The molecule has 2 aliphatic rings. The Labute approximate surface area is 209 Å². The summed E-state index contributed by atoms with van der Waals surface area (Å²) in [6, 6.07) is 16.8. The van der Waals surface area contributed by atoms with Crippen molar-refractivity contribution >= 4 is 27.5 Å². The minimum atomic E-state index is -0.517. The number of halogens is 2. The van der Waals surface area contributed by atoms with Gasteiger partial charge in [-0.3, -0.25) is 0 Å². The van der Waals surface area contributed by atoms with Crippen LogP contribution in [0.1, 0.15) is 22.6 Å². The smallest absolute Gasteiger partial charge is 0.231 e. The van der Waals surface area contributed by atoms with Crippen LogP contribution in [0.15, 0.2) is 64.5 Å². The van der Waals surface area contributed by atoms with Crippen LogP contribution in [0.3, 0.4) is 0 Å². The zero-order valence-electron chi connectivity index (χ0n) is 17.9. The van der Waals surface area contributed by atoms with Gasteiger partial charge in [0.05, 0.1) is 13.0 Å². The minimum Gasteiger partial charge on any atom is -0.493 e. The molecule has 1 atom stereocenters. The summed E-state index contributed by atoms with van der Waals surface area (Å²) in [5, 5.41) is 10.6. The van der Waals surface area contributed by atoms with Crippen molar-refractivity contribution in [2.75, 3.05) is 13.9 Å². The molecule has 0 spiro atoms. The molecule has 3 aromatic carbocycles. The molecule has 3 aromatic rings. The first kappa shape index (κ1) is 22.3. The second-order valence-electron chi connectivity index (χ2n) is 7.61. The van der Waals surface area contributed by atoms with Crippen LogP contribution in [0.4, 0.5) is 0 Å². The molecule has 2 heterocycles. The van der Waals surface area contributed by atoms with Crippen molar-refractivity contribution < 1.29 is 23.7 Å². The quantitative estimate of drug-likeness (QED) is 0.447. The molecule has 2 aliphatic heterocycles. The first-order chi connectivity index (χ1) is 16.5. The lowest BCUT2D eigenvalue weighted by atomic mass is 9.83. The Hall–Kier alpha value is -3.54. The van der Waals surface area contributed by atoms with E-state index in [1.54, 1.807) is 13.2 Å². The van der Waals surface area contributed by atoms with Gasteiger partial charge in [0, 0.05) is 21.1 Å². The third-order valence-electron chi connectivity index (χ3n) is 5.61. The number of hydrogen-bond acceptors (Lipinski definition) is 7. The summed E-state index contributed by atoms with van der Waals surface area (Å²) in [6.07, 6.45) is 0. The van der Waals surface area contributed by atoms with Crippen molar-refractivity contribution in [2.24, 2.45) is 5.73 Å². The van der Waals surface area contributed by atoms with Gasteiger partial charge in [-0.2, -0.15) is 5.26 Å². The molecule has 0 bridgehead atoms. The molecule has 0 amide bonds. The first-order valence-corrected chi connectivity index (χ1v) is 11.4. The molecule has 0 aromatic heterocycles. The van der Waals surface area contributed by atoms with E-state index in [1.807, 2.05) is 42.5 Å². The molecular weight excluding hydrogens is 524 g/mol. The van der Waals surface area contributed by atoms with E-state index in [-0.39, 0.29) is 18.2 Å². The molecule has 2 N–H and O–H groups in total. The number of fused-ring (bicyclic) bond motifs is 2. The van der Waals surface area contributed by atoms with Crippen LogP contribution in [0.2, 0.25) is 5.02 Å². The lowest BCUT2D eigenvalue weighted by molar-refractivity contribution is 0.174. The lowest BCUT2D eigenvalue weighted by Crippen LogP contribution is -2.21. The fourth-order valence-electron chi connectivity index (χ4n) is 3.95. The van der Waals surface area contributed by atoms with E-state index in [2.05, 4.69) is 22.0 Å². The highest BCUT2D eigenvalue weighted by Gasteiger charge is 2.35. The Morgan fingerprint density at radius 3 is 2.50 bits per heavy atom. The summed E-state index contributed by atoms with van der Waals surface area (Å²) in [4.78, 5) is 0. The van der Waals surface area contributed by atoms with Crippen LogP contribution < -0.4 is 29.4 Å². The molecule has 0 saturated heterocycles. The largest absolute Gasteiger partial charge is 0.493 e. The van der Waals surface area contributed by atoms with E-state index in [4.69, 9.17) is 41.0 Å². The van der Waals surface area contributed by atoms with Gasteiger partial charge in [0.15, 0.2) is 23.0 Å². The minimum absolute atomic E-state index is 0.0350. The van der Waals surface area contributed by atoms with Crippen LogP contribution in [-0.4, -0.2) is 13.9 Å². The first-order valence-electron chi connectivity index (χ1n) is 10.2. The van der Waals surface area contributed by atoms with Crippen LogP contribution in [0.25, 0.3) is 0 Å². The van der Waals surface area contributed by atoms with Gasteiger partial charge >= 0.3 is 0 Å². The number of benzene rings is 3. The molecule has 172 valence electrons. The van der Waals surface area contributed by atoms with Crippen LogP contribution in [0.5, 0.6) is 28.7 Å². The van der Waals surface area contributed by atoms with Gasteiger partial charge < -0.3 is 29.4 Å². The van der Waals surface area contributed by atoms with E-state index in [9.17, 15) is 5.26 Å². The fraction of sp³-hybridized carbons (Fsp3) is 0.160. The molecule has 5 rings (SSSR count). The van der Waals surface area contributed by atoms with E-state index in [0.29, 0.717) is 40.4 Å². The highest BCUT2D eigenvalue weighted by atomic mass is 79.9. The fourth-order valence-corrected chi connectivity index (χ4v) is 4.63. The molecule has 0 saturated carbocycles. The number of nitrogens with two attached hydrogens (primary N) is 1. The molecule has 0 fully saturated rings. The molecule has 0 unspecified atom stereocenters. The maximum Gasteiger partial charge on any atom is 0.231 e. The normalized spacial score (nSPS) is 15.9. The average molecular weight is 542 g/mol. The second kappa shape index (κ2) is 9.01. The van der Waals surface area contributed by atoms with Gasteiger partial charge in [-0.1, -0.05) is 39.7 Å². The van der Waals surface area contributed by atoms with Gasteiger partial charge in [-0.25, -0.2) is 0 Å². The van der Waals surface area contributed by atoms with Crippen molar-refractivity contribution in [1.82, 2.24) is 0 Å². The summed E-state index contributed by atoms with van der Waals surface area (Å²) >= 11 is 9.61. The summed E-state index contributed by atoms with van der Waals surface area (Å²) in [7, 11) is 1.56. The van der Waals surface area contributed by atoms with Crippen LogP contribution in [0, 0.1) is 11.3 Å². The van der Waals surface area contributed by atoms with Crippen molar-refractivity contribution in [2.45, 2.75) is 12.5 Å². The number of nitrogens with zero attached hydrogens (tertiary/aromatic N) is 1. The number of rotatable bonds is 5. The Bertz CT molecular complexity index is 1350. The van der Waals surface area contributed by atoms with E-state index >= 15 is 0 Å². The molecule has 9 heteroatoms. The van der Waals surface area contributed by atoms with Gasteiger partial charge in [-0.05, 0) is 41.5 Å². The number of methoxy groups -OCH3 is 1. The van der Waals surface area contributed by atoms with Crippen LogP contribution >= 0.6 is 27.5 Å². The monoisotopic (exact) mass is 540 g/mol. The molecule has 0 aliphatic carbocycles. The van der Waals surface area contributed by atoms with Gasteiger partial charge in [-0.15, -0.1) is 0 Å². The predicted octanol–water partition coefficient (Wildman–Crippen LogP) is 5.64. The predicted molar refractivity (Wildman–Crippen MR) is 128 cm³/mol. The van der Waals surface area contributed by atoms with Crippen molar-refractivity contribution in [1.29, 1.82) is 5.26 Å². The molecule has 34 heavy (non-hydrogen) atoms. The number of nitriles is 1. The Morgan fingerprint density at radius 2 is 1.79 bits per heavy atom. The highest BCUT2D eigenvalue weighted by Crippen LogP contribution is 2.50. The van der Waals surface area contributed by atoms with Crippen molar-refractivity contribution in [3.05, 3.63) is 86.2 Å². The standard InChI is InChI=1S/C25H18BrClN2O5/c1-30-20-6-15(18(26)8-22(20)31-11-13-2-4-14(27)5-3-13)24-16-7-21-23(33-12-32-21)9-19(16)34-25(29)17(24)10-28/h2-9,24H,11-12,29H2,1H3/t24-/m0/s1. The third kappa shape index (κ3) is 3.98. The van der Waals surface area contributed by atoms with Crippen LogP contribution in [-0.2, 0) is 6.61 Å². The van der Waals surface area contributed by atoms with E-state index < -0.39 is 5.92 Å². The Balaban J connectivity index is 1.55. The third-order valence-corrected chi connectivity index (χ3v) is 6.55. The SMILES string of the molecule is COc1cc([C@@H]2C(C#N)=C(N)Oc3cc4c(cc32)OCO4)c(Br)cc1OCc1ccc(Cl)cc1. The maximum absolute atomic E-state index is 9.91. The Kier molecular flexibility index (Phi) is 5.90. The zero-order chi connectivity index (χ0) is 23.8. The van der Waals surface area contributed by atoms with Crippen molar-refractivity contribution in [3.8, 4) is 34.8 Å². The summed E-state index contributed by atoms with van der Waals surface area (Å²) < 4.78 is 29.1. The van der Waals surface area contributed by atoms with Gasteiger partial charge in [0.25, 0.3) is 0 Å². The summed E-state index contributed by atoms with van der Waals surface area (Å²) in [5.74, 6) is 2.21. The maximum atomic E-state index is 9.91. The zero-order valence-corrected chi connectivity index (χ0v) is 20.3. The van der Waals surface area contributed by atoms with E-state index in [0.717, 1.165) is 21.2 Å². The second-order valence-corrected chi connectivity index (χ2v) is 8.90. The highest BCUT2D eigenvalue weighted by molar-refractivity contribution is 9.10. The van der Waals surface area contributed by atoms with Gasteiger partial charge in [0.2, 0.25) is 12.7 Å². The van der Waals surface area contributed by atoms with E-state index in [1.165, 1.54) is 0 Å². The number of hydrogen-bond donors (Lipinski definition) is 1. The summed E-state index contributed by atoms with van der Waals surface area (Å²) in [5.41, 5.74) is 8.87. The average Bonchev–Trinajstić information content (AvgIpc) is 3.29.